The van der Waals surface area contributed by atoms with Crippen molar-refractivity contribution in [2.75, 3.05) is 0 Å². The number of benzene rings is 1. The van der Waals surface area contributed by atoms with Crippen LogP contribution in [0.1, 0.15) is 24.6 Å². The van der Waals surface area contributed by atoms with E-state index in [1.165, 1.54) is 0 Å². The third-order valence-electron chi connectivity index (χ3n) is 3.03. The maximum absolute atomic E-state index is 5.45. The molecule has 0 amide bonds. The number of hydrogen-bond acceptors (Lipinski definition) is 3. The van der Waals surface area contributed by atoms with Crippen molar-refractivity contribution < 1.29 is 4.42 Å². The summed E-state index contributed by atoms with van der Waals surface area (Å²) in [6.07, 6.45) is 0. The minimum Gasteiger partial charge on any atom is -0.453 e. The summed E-state index contributed by atoms with van der Waals surface area (Å²) in [6.45, 7) is 2.75. The van der Waals surface area contributed by atoms with Crippen molar-refractivity contribution in [3.63, 3.8) is 0 Å². The van der Waals surface area contributed by atoms with Crippen LogP contribution in [0.3, 0.4) is 0 Å². The Bertz CT molecular complexity index is 656. The SMILES string of the molecule is CC(NCc1ccc(Br)o1)c1nc2ccccc2[nH]1. The van der Waals surface area contributed by atoms with Gasteiger partial charge in [0, 0.05) is 0 Å². The van der Waals surface area contributed by atoms with Crippen LogP contribution in [0, 0.1) is 0 Å². The maximum atomic E-state index is 5.45. The van der Waals surface area contributed by atoms with E-state index in [1.54, 1.807) is 0 Å². The van der Waals surface area contributed by atoms with Crippen molar-refractivity contribution in [2.24, 2.45) is 0 Å². The Morgan fingerprint density at radius 3 is 2.89 bits per heavy atom. The van der Waals surface area contributed by atoms with Crippen molar-refractivity contribution in [1.29, 1.82) is 0 Å². The number of aromatic amines is 1. The van der Waals surface area contributed by atoms with Gasteiger partial charge in [-0.3, -0.25) is 0 Å². The summed E-state index contributed by atoms with van der Waals surface area (Å²) in [5.41, 5.74) is 2.05. The predicted octanol–water partition coefficient (Wildman–Crippen LogP) is 3.77. The van der Waals surface area contributed by atoms with Gasteiger partial charge in [0.05, 0.1) is 23.6 Å². The molecular weight excluding hydrogens is 306 g/mol. The summed E-state index contributed by atoms with van der Waals surface area (Å²) in [5, 5.41) is 3.38. The molecule has 0 spiro atoms. The molecule has 2 aromatic heterocycles. The van der Waals surface area contributed by atoms with Crippen molar-refractivity contribution in [2.45, 2.75) is 19.5 Å². The molecule has 0 fully saturated rings. The number of furan rings is 1. The van der Waals surface area contributed by atoms with Crippen molar-refractivity contribution >= 4 is 27.0 Å². The Morgan fingerprint density at radius 1 is 1.32 bits per heavy atom. The molecule has 98 valence electrons. The molecule has 1 unspecified atom stereocenters. The van der Waals surface area contributed by atoms with E-state index in [1.807, 2.05) is 36.4 Å². The molecule has 4 nitrogen and oxygen atoms in total. The minimum atomic E-state index is 0.135. The average molecular weight is 320 g/mol. The summed E-state index contributed by atoms with van der Waals surface area (Å²) in [4.78, 5) is 7.90. The highest BCUT2D eigenvalue weighted by Crippen LogP contribution is 2.17. The molecule has 3 aromatic rings. The topological polar surface area (TPSA) is 53.9 Å². The first kappa shape index (κ1) is 12.4. The summed E-state index contributed by atoms with van der Waals surface area (Å²) in [6, 6.07) is 12.0. The summed E-state index contributed by atoms with van der Waals surface area (Å²) < 4.78 is 6.20. The van der Waals surface area contributed by atoms with Crippen LogP contribution in [0.25, 0.3) is 11.0 Å². The molecule has 3 rings (SSSR count). The number of rotatable bonds is 4. The van der Waals surface area contributed by atoms with Gasteiger partial charge in [0.2, 0.25) is 0 Å². The lowest BCUT2D eigenvalue weighted by Gasteiger charge is -2.09. The fourth-order valence-electron chi connectivity index (χ4n) is 1.97. The molecule has 5 heteroatoms. The zero-order chi connectivity index (χ0) is 13.2. The van der Waals surface area contributed by atoms with Gasteiger partial charge in [-0.05, 0) is 47.1 Å². The second-order valence-electron chi connectivity index (χ2n) is 4.45. The first-order valence-corrected chi connectivity index (χ1v) is 6.94. The number of halogens is 1. The number of H-pyrrole nitrogens is 1. The highest BCUT2D eigenvalue weighted by Gasteiger charge is 2.10. The van der Waals surface area contributed by atoms with E-state index in [-0.39, 0.29) is 6.04 Å². The third kappa shape index (κ3) is 2.72. The van der Waals surface area contributed by atoms with Gasteiger partial charge in [0.15, 0.2) is 4.67 Å². The number of imidazole rings is 1. The molecule has 0 aliphatic rings. The molecule has 2 N–H and O–H groups in total. The van der Waals surface area contributed by atoms with Crippen LogP contribution >= 0.6 is 15.9 Å². The zero-order valence-electron chi connectivity index (χ0n) is 10.5. The van der Waals surface area contributed by atoms with Gasteiger partial charge in [0.1, 0.15) is 11.6 Å². The quantitative estimate of drug-likeness (QED) is 0.769. The number of hydrogen-bond donors (Lipinski definition) is 2. The van der Waals surface area contributed by atoms with Gasteiger partial charge in [0.25, 0.3) is 0 Å². The second-order valence-corrected chi connectivity index (χ2v) is 5.23. The van der Waals surface area contributed by atoms with Gasteiger partial charge in [-0.15, -0.1) is 0 Å². The molecular formula is C14H14BrN3O. The van der Waals surface area contributed by atoms with E-state index in [0.29, 0.717) is 6.54 Å². The van der Waals surface area contributed by atoms with Gasteiger partial charge >= 0.3 is 0 Å². The molecule has 1 atom stereocenters. The van der Waals surface area contributed by atoms with Gasteiger partial charge in [-0.25, -0.2) is 4.98 Å². The van der Waals surface area contributed by atoms with E-state index >= 15 is 0 Å². The van der Waals surface area contributed by atoms with Crippen molar-refractivity contribution in [3.8, 4) is 0 Å². The molecule has 2 heterocycles. The Balaban J connectivity index is 1.71. The van der Waals surface area contributed by atoms with Crippen LogP contribution in [0.2, 0.25) is 0 Å². The lowest BCUT2D eigenvalue weighted by Crippen LogP contribution is -2.18. The summed E-state index contributed by atoms with van der Waals surface area (Å²) >= 11 is 3.29. The summed E-state index contributed by atoms with van der Waals surface area (Å²) in [5.74, 6) is 1.83. The first-order chi connectivity index (χ1) is 9.22. The Labute approximate surface area is 119 Å². The van der Waals surface area contributed by atoms with Gasteiger partial charge in [-0.1, -0.05) is 12.1 Å². The van der Waals surface area contributed by atoms with E-state index < -0.39 is 0 Å². The largest absolute Gasteiger partial charge is 0.453 e. The zero-order valence-corrected chi connectivity index (χ0v) is 12.1. The standard InChI is InChI=1S/C14H14BrN3O/c1-9(16-8-10-6-7-13(15)19-10)14-17-11-4-2-3-5-12(11)18-14/h2-7,9,16H,8H2,1H3,(H,17,18). The Kier molecular flexibility index (Phi) is 3.40. The van der Waals surface area contributed by atoms with Gasteiger partial charge < -0.3 is 14.7 Å². The average Bonchev–Trinajstić information content (AvgIpc) is 3.01. The smallest absolute Gasteiger partial charge is 0.169 e. The highest BCUT2D eigenvalue weighted by atomic mass is 79.9. The summed E-state index contributed by atoms with van der Waals surface area (Å²) in [7, 11) is 0. The molecule has 0 aliphatic heterocycles. The maximum Gasteiger partial charge on any atom is 0.169 e. The predicted molar refractivity (Wildman–Crippen MR) is 77.8 cm³/mol. The fourth-order valence-corrected chi connectivity index (χ4v) is 2.31. The molecule has 0 aliphatic carbocycles. The normalized spacial score (nSPS) is 12.9. The molecule has 19 heavy (non-hydrogen) atoms. The molecule has 0 radical (unpaired) electrons. The highest BCUT2D eigenvalue weighted by molar-refractivity contribution is 9.10. The van der Waals surface area contributed by atoms with E-state index in [2.05, 4.69) is 38.1 Å². The van der Waals surface area contributed by atoms with Crippen LogP contribution < -0.4 is 5.32 Å². The van der Waals surface area contributed by atoms with Crippen LogP contribution in [-0.2, 0) is 6.54 Å². The lowest BCUT2D eigenvalue weighted by atomic mass is 10.3. The third-order valence-corrected chi connectivity index (χ3v) is 3.46. The lowest BCUT2D eigenvalue weighted by molar-refractivity contribution is 0.442. The Hall–Kier alpha value is -1.59. The number of nitrogens with one attached hydrogen (secondary N) is 2. The number of aromatic nitrogens is 2. The van der Waals surface area contributed by atoms with Gasteiger partial charge in [-0.2, -0.15) is 0 Å². The minimum absolute atomic E-state index is 0.135. The van der Waals surface area contributed by atoms with Crippen molar-refractivity contribution in [3.05, 3.63) is 52.7 Å². The van der Waals surface area contributed by atoms with Crippen LogP contribution in [-0.4, -0.2) is 9.97 Å². The van der Waals surface area contributed by atoms with E-state index in [9.17, 15) is 0 Å². The Morgan fingerprint density at radius 2 is 2.16 bits per heavy atom. The first-order valence-electron chi connectivity index (χ1n) is 6.14. The monoisotopic (exact) mass is 319 g/mol. The van der Waals surface area contributed by atoms with Crippen LogP contribution in [0.15, 0.2) is 45.5 Å². The molecule has 0 bridgehead atoms. The fraction of sp³-hybridized carbons (Fsp3) is 0.214. The number of para-hydroxylation sites is 2. The van der Waals surface area contributed by atoms with E-state index in [0.717, 1.165) is 27.3 Å². The molecule has 0 saturated carbocycles. The molecule has 0 saturated heterocycles. The molecule has 1 aromatic carbocycles. The van der Waals surface area contributed by atoms with Crippen LogP contribution in [0.5, 0.6) is 0 Å². The number of nitrogens with zero attached hydrogens (tertiary/aromatic N) is 1. The van der Waals surface area contributed by atoms with Crippen LogP contribution in [0.4, 0.5) is 0 Å². The van der Waals surface area contributed by atoms with Crippen molar-refractivity contribution in [1.82, 2.24) is 15.3 Å². The van der Waals surface area contributed by atoms with E-state index in [4.69, 9.17) is 4.42 Å². The second kappa shape index (κ2) is 5.19. The number of fused-ring (bicyclic) bond motifs is 1.